The molecule has 8 heteroatoms. The van der Waals surface area contributed by atoms with Crippen molar-refractivity contribution < 1.29 is 27.9 Å². The van der Waals surface area contributed by atoms with Crippen molar-refractivity contribution in [2.75, 3.05) is 11.8 Å². The fourth-order valence-electron chi connectivity index (χ4n) is 1.29. The molecule has 110 valence electrons. The van der Waals surface area contributed by atoms with Gasteiger partial charge in [0.25, 0.3) is 0 Å². The van der Waals surface area contributed by atoms with Gasteiger partial charge in [-0.05, 0) is 25.1 Å². The highest BCUT2D eigenvalue weighted by molar-refractivity contribution is 5.84. The number of carboxylic acids is 1. The summed E-state index contributed by atoms with van der Waals surface area (Å²) < 4.78 is 37.8. The first-order valence-electron chi connectivity index (χ1n) is 5.69. The molecule has 0 aliphatic heterocycles. The van der Waals surface area contributed by atoms with Gasteiger partial charge in [0, 0.05) is 6.21 Å². The van der Waals surface area contributed by atoms with E-state index >= 15 is 0 Å². The molecule has 1 N–H and O–H groups in total. The molecule has 0 aromatic heterocycles. The monoisotopic (exact) mass is 290 g/mol. The highest BCUT2D eigenvalue weighted by Crippen LogP contribution is 2.31. The van der Waals surface area contributed by atoms with E-state index in [1.807, 2.05) is 0 Å². The number of anilines is 1. The molecule has 0 bridgehead atoms. The van der Waals surface area contributed by atoms with Gasteiger partial charge >= 0.3 is 12.1 Å². The van der Waals surface area contributed by atoms with Gasteiger partial charge in [-0.2, -0.15) is 18.3 Å². The predicted octanol–water partition coefficient (Wildman–Crippen LogP) is 2.92. The summed E-state index contributed by atoms with van der Waals surface area (Å²) in [7, 11) is 0. The molecule has 20 heavy (non-hydrogen) atoms. The lowest BCUT2D eigenvalue weighted by Gasteiger charge is -2.18. The largest absolute Gasteiger partial charge is 0.481 e. The number of alkyl halides is 3. The van der Waals surface area contributed by atoms with Crippen molar-refractivity contribution in [1.29, 1.82) is 0 Å². The van der Waals surface area contributed by atoms with Gasteiger partial charge in [0.1, 0.15) is 0 Å². The molecular formula is C12H13F3N2O3. The molecule has 1 rings (SSSR count). The molecule has 0 amide bonds. The number of nitrogens with zero attached hydrogens (tertiary/aromatic N) is 2. The minimum absolute atomic E-state index is 0.0586. The normalized spacial score (nSPS) is 11.8. The fourth-order valence-corrected chi connectivity index (χ4v) is 1.29. The van der Waals surface area contributed by atoms with Gasteiger partial charge in [-0.1, -0.05) is 6.07 Å². The van der Waals surface area contributed by atoms with E-state index in [1.54, 1.807) is 6.92 Å². The van der Waals surface area contributed by atoms with Crippen LogP contribution in [-0.4, -0.2) is 23.9 Å². The van der Waals surface area contributed by atoms with E-state index in [2.05, 4.69) is 5.10 Å². The molecule has 5 nitrogen and oxygen atoms in total. The average molecular weight is 290 g/mol. The lowest BCUT2D eigenvalue weighted by Crippen LogP contribution is -2.18. The van der Waals surface area contributed by atoms with Crippen LogP contribution < -0.4 is 5.17 Å². The number of benzene rings is 1. The summed E-state index contributed by atoms with van der Waals surface area (Å²) in [6.07, 6.45) is -3.79. The number of hydrazone groups is 1. The first-order valence-corrected chi connectivity index (χ1v) is 5.69. The number of hydrogen-bond donors (Lipinski definition) is 1. The van der Waals surface area contributed by atoms with Crippen LogP contribution in [0.3, 0.4) is 0 Å². The topological polar surface area (TPSA) is 62.1 Å². The second-order valence-corrected chi connectivity index (χ2v) is 3.63. The molecule has 0 saturated heterocycles. The van der Waals surface area contributed by atoms with E-state index in [-0.39, 0.29) is 18.7 Å². The maximum atomic E-state index is 12.6. The molecule has 0 aliphatic carbocycles. The molecule has 0 fully saturated rings. The Morgan fingerprint density at radius 1 is 1.50 bits per heavy atom. The van der Waals surface area contributed by atoms with Crippen LogP contribution in [0.15, 0.2) is 29.4 Å². The second-order valence-electron chi connectivity index (χ2n) is 3.63. The quantitative estimate of drug-likeness (QED) is 0.646. The highest BCUT2D eigenvalue weighted by Gasteiger charge is 2.30. The van der Waals surface area contributed by atoms with Crippen molar-refractivity contribution in [3.63, 3.8) is 0 Å². The third-order valence-corrected chi connectivity index (χ3v) is 2.10. The minimum Gasteiger partial charge on any atom is -0.481 e. The van der Waals surface area contributed by atoms with Gasteiger partial charge in [0.05, 0.1) is 24.3 Å². The first kappa shape index (κ1) is 16.0. The van der Waals surface area contributed by atoms with Crippen molar-refractivity contribution in [2.24, 2.45) is 5.10 Å². The Morgan fingerprint density at radius 3 is 2.75 bits per heavy atom. The van der Waals surface area contributed by atoms with E-state index in [0.717, 1.165) is 23.5 Å². The maximum absolute atomic E-state index is 12.6. The van der Waals surface area contributed by atoms with Crippen LogP contribution in [0.25, 0.3) is 0 Å². The Balaban J connectivity index is 2.97. The van der Waals surface area contributed by atoms with Gasteiger partial charge in [-0.25, -0.2) is 0 Å². The summed E-state index contributed by atoms with van der Waals surface area (Å²) in [5.41, 5.74) is -0.781. The summed E-state index contributed by atoms with van der Waals surface area (Å²) in [5.74, 6) is -1.10. The van der Waals surface area contributed by atoms with Crippen LogP contribution >= 0.6 is 0 Å². The van der Waals surface area contributed by atoms with Gasteiger partial charge in [-0.15, -0.1) is 5.17 Å². The zero-order valence-electron chi connectivity index (χ0n) is 10.6. The van der Waals surface area contributed by atoms with Crippen molar-refractivity contribution in [1.82, 2.24) is 0 Å². The number of rotatable bonds is 6. The molecule has 0 aliphatic rings. The maximum Gasteiger partial charge on any atom is 0.416 e. The summed E-state index contributed by atoms with van der Waals surface area (Å²) in [5, 5.41) is 13.0. The third kappa shape index (κ3) is 4.88. The van der Waals surface area contributed by atoms with E-state index < -0.39 is 17.7 Å². The molecular weight excluding hydrogens is 277 g/mol. The lowest BCUT2D eigenvalue weighted by atomic mass is 10.2. The molecule has 1 aromatic rings. The Hall–Kier alpha value is -2.09. The molecule has 1 aromatic carbocycles. The standard InChI is InChI=1S/C12H13F3N2O3/c1-2-20-17(16-7-6-11(18)19)10-5-3-4-9(8-10)12(13,14)15/h3-5,7-8H,2,6H2,1H3,(H,18,19). The zero-order chi connectivity index (χ0) is 15.2. The zero-order valence-corrected chi connectivity index (χ0v) is 10.6. The van der Waals surface area contributed by atoms with Gasteiger partial charge in [0.2, 0.25) is 0 Å². The molecule has 0 radical (unpaired) electrons. The third-order valence-electron chi connectivity index (χ3n) is 2.10. The van der Waals surface area contributed by atoms with Crippen LogP contribution in [-0.2, 0) is 15.8 Å². The lowest BCUT2D eigenvalue weighted by molar-refractivity contribution is -0.137. The van der Waals surface area contributed by atoms with Crippen LogP contribution in [0.4, 0.5) is 18.9 Å². The smallest absolute Gasteiger partial charge is 0.416 e. The van der Waals surface area contributed by atoms with E-state index in [9.17, 15) is 18.0 Å². The highest BCUT2D eigenvalue weighted by atomic mass is 19.4. The van der Waals surface area contributed by atoms with E-state index in [0.29, 0.717) is 0 Å². The molecule has 0 saturated carbocycles. The minimum atomic E-state index is -4.47. The van der Waals surface area contributed by atoms with Crippen LogP contribution in [0.5, 0.6) is 0 Å². The molecule has 0 heterocycles. The van der Waals surface area contributed by atoms with E-state index in [4.69, 9.17) is 9.94 Å². The number of aliphatic carboxylic acids is 1. The fraction of sp³-hybridized carbons (Fsp3) is 0.333. The van der Waals surface area contributed by atoms with Crippen LogP contribution in [0.2, 0.25) is 0 Å². The molecule has 0 atom stereocenters. The van der Waals surface area contributed by atoms with Crippen molar-refractivity contribution in [3.8, 4) is 0 Å². The molecule has 0 unspecified atom stereocenters. The number of carboxylic acid groups (broad SMARTS) is 1. The first-order chi connectivity index (χ1) is 9.34. The number of hydrogen-bond acceptors (Lipinski definition) is 4. The Bertz CT molecular complexity index is 489. The summed E-state index contributed by atoms with van der Waals surface area (Å²) >= 11 is 0. The summed E-state index contributed by atoms with van der Waals surface area (Å²) in [4.78, 5) is 15.4. The second kappa shape index (κ2) is 6.90. The molecule has 0 spiro atoms. The SMILES string of the molecule is CCON(N=CCC(=O)O)c1cccc(C(F)(F)F)c1. The average Bonchev–Trinajstić information content (AvgIpc) is 2.36. The summed E-state index contributed by atoms with van der Waals surface area (Å²) in [6, 6.07) is 4.39. The Kier molecular flexibility index (Phi) is 5.51. The Morgan fingerprint density at radius 2 is 2.20 bits per heavy atom. The van der Waals surface area contributed by atoms with Crippen LogP contribution in [0.1, 0.15) is 18.9 Å². The summed E-state index contributed by atoms with van der Waals surface area (Å²) in [6.45, 7) is 1.80. The van der Waals surface area contributed by atoms with Crippen molar-refractivity contribution in [3.05, 3.63) is 29.8 Å². The van der Waals surface area contributed by atoms with Crippen molar-refractivity contribution in [2.45, 2.75) is 19.5 Å². The van der Waals surface area contributed by atoms with E-state index in [1.165, 1.54) is 12.1 Å². The van der Waals surface area contributed by atoms with Crippen molar-refractivity contribution >= 4 is 17.9 Å². The van der Waals surface area contributed by atoms with Crippen LogP contribution in [0, 0.1) is 0 Å². The predicted molar refractivity (Wildman–Crippen MR) is 66.3 cm³/mol. The Labute approximate surface area is 113 Å². The van der Waals surface area contributed by atoms with Gasteiger partial charge in [-0.3, -0.25) is 9.63 Å². The number of halogens is 3. The van der Waals surface area contributed by atoms with Gasteiger partial charge < -0.3 is 5.11 Å². The number of carbonyl (C=O) groups is 1. The van der Waals surface area contributed by atoms with Gasteiger partial charge in [0.15, 0.2) is 0 Å².